The second-order valence-corrected chi connectivity index (χ2v) is 5.92. The molecule has 0 aliphatic rings. The summed E-state index contributed by atoms with van der Waals surface area (Å²) in [4.78, 5) is 4.66. The smallest absolute Gasteiger partial charge is 0.126 e. The summed E-state index contributed by atoms with van der Waals surface area (Å²) in [7, 11) is 0. The standard InChI is InChI=1S/C19H23N3O/c1-14-7-5-8-16(13-14)23-12-6-11-22-18-10-4-3-9-17(18)21-19(22)15(2)20/h3-5,7-10,13,15H,6,11-12,20H2,1-2H3. The number of ether oxygens (including phenoxy) is 1. The van der Waals surface area contributed by atoms with Gasteiger partial charge in [-0.1, -0.05) is 24.3 Å². The summed E-state index contributed by atoms with van der Waals surface area (Å²) in [5.41, 5.74) is 9.42. The molecule has 0 aliphatic heterocycles. The Morgan fingerprint density at radius 1 is 1.17 bits per heavy atom. The Labute approximate surface area is 136 Å². The molecule has 3 aromatic rings. The predicted octanol–water partition coefficient (Wildman–Crippen LogP) is 3.83. The van der Waals surface area contributed by atoms with Gasteiger partial charge in [0.05, 0.1) is 23.7 Å². The second-order valence-electron chi connectivity index (χ2n) is 5.92. The lowest BCUT2D eigenvalue weighted by molar-refractivity contribution is 0.301. The SMILES string of the molecule is Cc1cccc(OCCCn2c(C(C)N)nc3ccccc32)c1. The van der Waals surface area contributed by atoms with Gasteiger partial charge in [0, 0.05) is 6.54 Å². The van der Waals surface area contributed by atoms with E-state index < -0.39 is 0 Å². The molecule has 0 saturated heterocycles. The lowest BCUT2D eigenvalue weighted by Crippen LogP contribution is -2.15. The first-order chi connectivity index (χ1) is 11.1. The highest BCUT2D eigenvalue weighted by atomic mass is 16.5. The van der Waals surface area contributed by atoms with E-state index in [0.29, 0.717) is 6.61 Å². The van der Waals surface area contributed by atoms with Crippen LogP contribution in [0, 0.1) is 6.92 Å². The van der Waals surface area contributed by atoms with Crippen LogP contribution in [-0.4, -0.2) is 16.2 Å². The molecule has 2 N–H and O–H groups in total. The summed E-state index contributed by atoms with van der Waals surface area (Å²) in [6, 6.07) is 16.2. The first-order valence-electron chi connectivity index (χ1n) is 8.05. The third-order valence-electron chi connectivity index (χ3n) is 3.88. The van der Waals surface area contributed by atoms with Crippen molar-refractivity contribution >= 4 is 11.0 Å². The molecule has 4 heteroatoms. The van der Waals surface area contributed by atoms with Crippen LogP contribution in [0.3, 0.4) is 0 Å². The number of fused-ring (bicyclic) bond motifs is 1. The first-order valence-corrected chi connectivity index (χ1v) is 8.05. The highest BCUT2D eigenvalue weighted by Crippen LogP contribution is 2.20. The zero-order chi connectivity index (χ0) is 16.2. The summed E-state index contributed by atoms with van der Waals surface area (Å²) in [5.74, 6) is 1.86. The number of nitrogens with two attached hydrogens (primary N) is 1. The van der Waals surface area contributed by atoms with Crippen molar-refractivity contribution in [3.8, 4) is 5.75 Å². The molecule has 1 heterocycles. The fraction of sp³-hybridized carbons (Fsp3) is 0.316. The van der Waals surface area contributed by atoms with Gasteiger partial charge in [0.2, 0.25) is 0 Å². The third kappa shape index (κ3) is 3.54. The topological polar surface area (TPSA) is 53.1 Å². The summed E-state index contributed by atoms with van der Waals surface area (Å²) >= 11 is 0. The van der Waals surface area contributed by atoms with Crippen LogP contribution in [0.2, 0.25) is 0 Å². The molecule has 23 heavy (non-hydrogen) atoms. The summed E-state index contributed by atoms with van der Waals surface area (Å²) in [6.07, 6.45) is 0.911. The third-order valence-corrected chi connectivity index (χ3v) is 3.88. The molecule has 0 spiro atoms. The Morgan fingerprint density at radius 2 is 2.00 bits per heavy atom. The van der Waals surface area contributed by atoms with E-state index in [2.05, 4.69) is 34.7 Å². The number of hydrogen-bond donors (Lipinski definition) is 1. The van der Waals surface area contributed by atoms with Gasteiger partial charge >= 0.3 is 0 Å². The minimum Gasteiger partial charge on any atom is -0.494 e. The molecule has 1 atom stereocenters. The van der Waals surface area contributed by atoms with E-state index in [1.54, 1.807) is 0 Å². The summed E-state index contributed by atoms with van der Waals surface area (Å²) < 4.78 is 8.04. The maximum Gasteiger partial charge on any atom is 0.126 e. The van der Waals surface area contributed by atoms with Gasteiger partial charge in [0.1, 0.15) is 11.6 Å². The summed E-state index contributed by atoms with van der Waals surface area (Å²) in [6.45, 7) is 5.57. The number of imidazole rings is 1. The molecule has 0 fully saturated rings. The van der Waals surface area contributed by atoms with Crippen molar-refractivity contribution in [2.24, 2.45) is 5.73 Å². The van der Waals surface area contributed by atoms with Crippen molar-refractivity contribution in [2.45, 2.75) is 32.9 Å². The Balaban J connectivity index is 1.68. The molecule has 0 radical (unpaired) electrons. The van der Waals surface area contributed by atoms with Crippen molar-refractivity contribution < 1.29 is 4.74 Å². The van der Waals surface area contributed by atoms with E-state index in [-0.39, 0.29) is 6.04 Å². The average Bonchev–Trinajstić information content (AvgIpc) is 2.91. The molecule has 2 aromatic carbocycles. The second kappa shape index (κ2) is 6.84. The van der Waals surface area contributed by atoms with E-state index in [1.165, 1.54) is 5.56 Å². The highest BCUT2D eigenvalue weighted by molar-refractivity contribution is 5.76. The first kappa shape index (κ1) is 15.6. The minimum atomic E-state index is -0.0832. The van der Waals surface area contributed by atoms with Crippen molar-refractivity contribution in [3.05, 3.63) is 59.9 Å². The maximum atomic E-state index is 6.08. The quantitative estimate of drug-likeness (QED) is 0.704. The zero-order valence-electron chi connectivity index (χ0n) is 13.7. The van der Waals surface area contributed by atoms with Crippen LogP contribution < -0.4 is 10.5 Å². The van der Waals surface area contributed by atoms with Gasteiger partial charge in [-0.3, -0.25) is 0 Å². The molecule has 4 nitrogen and oxygen atoms in total. The van der Waals surface area contributed by atoms with Crippen molar-refractivity contribution in [2.75, 3.05) is 6.61 Å². The molecule has 3 rings (SSSR count). The number of rotatable bonds is 6. The Hall–Kier alpha value is -2.33. The van der Waals surface area contributed by atoms with Gasteiger partial charge in [-0.25, -0.2) is 4.98 Å². The zero-order valence-corrected chi connectivity index (χ0v) is 13.7. The minimum absolute atomic E-state index is 0.0832. The number of para-hydroxylation sites is 2. The molecule has 0 amide bonds. The Morgan fingerprint density at radius 3 is 2.78 bits per heavy atom. The largest absolute Gasteiger partial charge is 0.494 e. The highest BCUT2D eigenvalue weighted by Gasteiger charge is 2.13. The molecule has 1 aromatic heterocycles. The fourth-order valence-electron chi connectivity index (χ4n) is 2.79. The number of aryl methyl sites for hydroxylation is 2. The predicted molar refractivity (Wildman–Crippen MR) is 93.6 cm³/mol. The molecule has 0 aliphatic carbocycles. The van der Waals surface area contributed by atoms with Crippen molar-refractivity contribution in [3.63, 3.8) is 0 Å². The maximum absolute atomic E-state index is 6.08. The van der Waals surface area contributed by atoms with Gasteiger partial charge < -0.3 is 15.0 Å². The monoisotopic (exact) mass is 309 g/mol. The average molecular weight is 309 g/mol. The van der Waals surface area contributed by atoms with Gasteiger partial charge in [-0.05, 0) is 50.1 Å². The number of benzene rings is 2. The summed E-state index contributed by atoms with van der Waals surface area (Å²) in [5, 5.41) is 0. The van der Waals surface area contributed by atoms with Gasteiger partial charge in [0.15, 0.2) is 0 Å². The number of aromatic nitrogens is 2. The van der Waals surface area contributed by atoms with Crippen LogP contribution in [-0.2, 0) is 6.54 Å². The van der Waals surface area contributed by atoms with Gasteiger partial charge in [-0.2, -0.15) is 0 Å². The number of hydrogen-bond acceptors (Lipinski definition) is 3. The van der Waals surface area contributed by atoms with E-state index >= 15 is 0 Å². The lowest BCUT2D eigenvalue weighted by Gasteiger charge is -2.12. The van der Waals surface area contributed by atoms with Crippen LogP contribution >= 0.6 is 0 Å². The van der Waals surface area contributed by atoms with Crippen LogP contribution in [0.4, 0.5) is 0 Å². The van der Waals surface area contributed by atoms with Crippen LogP contribution in [0.25, 0.3) is 11.0 Å². The Bertz CT molecular complexity index is 792. The molecule has 120 valence electrons. The van der Waals surface area contributed by atoms with Crippen molar-refractivity contribution in [1.29, 1.82) is 0 Å². The normalized spacial score (nSPS) is 12.5. The fourth-order valence-corrected chi connectivity index (χ4v) is 2.79. The van der Waals surface area contributed by atoms with Crippen molar-refractivity contribution in [1.82, 2.24) is 9.55 Å². The van der Waals surface area contributed by atoms with Gasteiger partial charge in [0.25, 0.3) is 0 Å². The molecule has 0 saturated carbocycles. The van der Waals surface area contributed by atoms with Gasteiger partial charge in [-0.15, -0.1) is 0 Å². The molecular formula is C19H23N3O. The molecule has 1 unspecified atom stereocenters. The van der Waals surface area contributed by atoms with Crippen LogP contribution in [0.5, 0.6) is 5.75 Å². The van der Waals surface area contributed by atoms with Crippen LogP contribution in [0.1, 0.15) is 30.8 Å². The van der Waals surface area contributed by atoms with E-state index in [1.807, 2.05) is 37.3 Å². The Kier molecular flexibility index (Phi) is 4.63. The lowest BCUT2D eigenvalue weighted by atomic mass is 10.2. The number of nitrogens with zero attached hydrogens (tertiary/aromatic N) is 2. The van der Waals surface area contributed by atoms with E-state index in [9.17, 15) is 0 Å². The van der Waals surface area contributed by atoms with E-state index in [4.69, 9.17) is 10.5 Å². The van der Waals surface area contributed by atoms with E-state index in [0.717, 1.165) is 35.6 Å². The molecule has 0 bridgehead atoms. The van der Waals surface area contributed by atoms with Crippen LogP contribution in [0.15, 0.2) is 48.5 Å². The molecular weight excluding hydrogens is 286 g/mol.